The number of ether oxygens (including phenoxy) is 2. The van der Waals surface area contributed by atoms with Crippen molar-refractivity contribution in [2.24, 2.45) is 0 Å². The Morgan fingerprint density at radius 2 is 0.763 bits per heavy atom. The minimum atomic E-state index is -0.220. The van der Waals surface area contributed by atoms with E-state index in [0.717, 1.165) is 0 Å². The van der Waals surface area contributed by atoms with Crippen molar-refractivity contribution in [3.8, 4) is 45.6 Å². The van der Waals surface area contributed by atoms with Gasteiger partial charge < -0.3 is 31.2 Å². The molecule has 4 aromatic rings. The second-order valence-electron chi connectivity index (χ2n) is 7.57. The molecule has 14 heteroatoms. The van der Waals surface area contributed by atoms with Crippen LogP contribution in [0.5, 0.6) is 34.5 Å². The molecule has 0 amide bonds. The second-order valence-corrected chi connectivity index (χ2v) is 10.6. The average molecular weight is 676 g/mol. The van der Waals surface area contributed by atoms with Crippen LogP contribution in [0.25, 0.3) is 11.1 Å². The molecule has 4 rings (SSSR count). The zero-order valence-corrected chi connectivity index (χ0v) is 24.4. The molecule has 0 heterocycles. The molecule has 0 aliphatic carbocycles. The van der Waals surface area contributed by atoms with E-state index in [2.05, 4.69) is 0 Å². The van der Waals surface area contributed by atoms with E-state index in [-0.39, 0.29) is 97.2 Å². The number of hydrogen-bond acceptors (Lipinski definition) is 6. The molecule has 4 aromatic carbocycles. The SMILES string of the molecule is Nc1ccc(Oc2c(Cl)c(Cl)c(-c3c(Cl)c(Cl)c(Oc4ccc(N)c(O)c4)c(Cl)c3Cl)c(Cl)c2Cl)cc1O. The molecule has 0 aliphatic rings. The Balaban J connectivity index is 1.85. The number of rotatable bonds is 5. The van der Waals surface area contributed by atoms with Gasteiger partial charge in [0.2, 0.25) is 0 Å². The highest BCUT2D eigenvalue weighted by Crippen LogP contribution is 2.57. The van der Waals surface area contributed by atoms with Crippen molar-refractivity contribution in [2.45, 2.75) is 0 Å². The molecule has 0 aromatic heterocycles. The van der Waals surface area contributed by atoms with Gasteiger partial charge in [-0.25, -0.2) is 0 Å². The number of phenols is 2. The zero-order valence-electron chi connectivity index (χ0n) is 18.4. The van der Waals surface area contributed by atoms with E-state index < -0.39 is 0 Å². The number of benzene rings is 4. The molecular formula is C24H12Cl8N2O4. The standard InChI is InChI=1S/C24H12Cl8N2O4/c25-15-13(16(26)20(30)23(19(15)29)37-7-1-3-9(33)11(35)5-7)14-17(27)21(31)24(22(32)18(14)28)38-8-2-4-10(34)12(36)6-8/h1-6,35-36H,33-34H2. The summed E-state index contributed by atoms with van der Waals surface area (Å²) in [7, 11) is 0. The smallest absolute Gasteiger partial charge is 0.167 e. The van der Waals surface area contributed by atoms with E-state index in [1.807, 2.05) is 0 Å². The fourth-order valence-electron chi connectivity index (χ4n) is 3.25. The summed E-state index contributed by atoms with van der Waals surface area (Å²) < 4.78 is 11.4. The van der Waals surface area contributed by atoms with E-state index in [9.17, 15) is 10.2 Å². The second kappa shape index (κ2) is 11.2. The molecule has 0 unspecified atom stereocenters. The molecular weight excluding hydrogens is 664 g/mol. The number of nitrogen functional groups attached to an aromatic ring is 2. The maximum Gasteiger partial charge on any atom is 0.167 e. The molecule has 0 fully saturated rings. The number of halogens is 8. The molecule has 6 N–H and O–H groups in total. The first kappa shape index (κ1) is 29.0. The Hall–Kier alpha value is -2.00. The molecule has 0 saturated carbocycles. The maximum absolute atomic E-state index is 9.87. The molecule has 38 heavy (non-hydrogen) atoms. The highest BCUT2D eigenvalue weighted by Gasteiger charge is 2.30. The topological polar surface area (TPSA) is 111 Å². The fourth-order valence-corrected chi connectivity index (χ4v) is 5.45. The quantitative estimate of drug-likeness (QED) is 0.0952. The lowest BCUT2D eigenvalue weighted by Gasteiger charge is -2.20. The highest BCUT2D eigenvalue weighted by molar-refractivity contribution is 6.55. The van der Waals surface area contributed by atoms with Crippen molar-refractivity contribution < 1.29 is 19.7 Å². The van der Waals surface area contributed by atoms with Crippen LogP contribution in [0.15, 0.2) is 36.4 Å². The van der Waals surface area contributed by atoms with Crippen LogP contribution in [0, 0.1) is 0 Å². The summed E-state index contributed by atoms with van der Waals surface area (Å²) in [6, 6.07) is 8.30. The largest absolute Gasteiger partial charge is 0.506 e. The van der Waals surface area contributed by atoms with Gasteiger partial charge in [0, 0.05) is 23.3 Å². The van der Waals surface area contributed by atoms with E-state index >= 15 is 0 Å². The molecule has 198 valence electrons. The van der Waals surface area contributed by atoms with Crippen LogP contribution in [-0.2, 0) is 0 Å². The van der Waals surface area contributed by atoms with Crippen molar-refractivity contribution >= 4 is 104 Å². The van der Waals surface area contributed by atoms with Crippen LogP contribution >= 0.6 is 92.8 Å². The Kier molecular flexibility index (Phi) is 8.58. The minimum absolute atomic E-state index is 0.0197. The van der Waals surface area contributed by atoms with Gasteiger partial charge in [0.05, 0.1) is 31.5 Å². The summed E-state index contributed by atoms with van der Waals surface area (Å²) in [5.74, 6) is -0.353. The van der Waals surface area contributed by atoms with Crippen molar-refractivity contribution in [3.05, 3.63) is 76.6 Å². The fraction of sp³-hybridized carbons (Fsp3) is 0. The van der Waals surface area contributed by atoms with E-state index in [0.29, 0.717) is 0 Å². The van der Waals surface area contributed by atoms with Gasteiger partial charge in [-0.15, -0.1) is 0 Å². The third-order valence-electron chi connectivity index (χ3n) is 5.14. The zero-order chi connectivity index (χ0) is 28.0. The molecule has 0 spiro atoms. The molecule has 6 nitrogen and oxygen atoms in total. The van der Waals surface area contributed by atoms with Gasteiger partial charge in [-0.2, -0.15) is 0 Å². The van der Waals surface area contributed by atoms with Crippen LogP contribution in [0.2, 0.25) is 40.2 Å². The van der Waals surface area contributed by atoms with E-state index in [1.54, 1.807) is 0 Å². The summed E-state index contributed by atoms with van der Waals surface area (Å²) >= 11 is 52.3. The third-order valence-corrected chi connectivity index (χ3v) is 8.48. The first-order valence-corrected chi connectivity index (χ1v) is 13.1. The molecule has 0 atom stereocenters. The maximum atomic E-state index is 9.87. The Bertz CT molecular complexity index is 1440. The van der Waals surface area contributed by atoms with Crippen molar-refractivity contribution in [1.29, 1.82) is 0 Å². The van der Waals surface area contributed by atoms with Crippen LogP contribution in [-0.4, -0.2) is 10.2 Å². The predicted molar refractivity (Wildman–Crippen MR) is 157 cm³/mol. The number of aromatic hydroxyl groups is 2. The van der Waals surface area contributed by atoms with Gasteiger partial charge in [-0.3, -0.25) is 0 Å². The van der Waals surface area contributed by atoms with E-state index in [4.69, 9.17) is 114 Å². The first-order valence-electron chi connectivity index (χ1n) is 10.1. The lowest BCUT2D eigenvalue weighted by molar-refractivity contribution is 0.456. The van der Waals surface area contributed by atoms with Crippen LogP contribution < -0.4 is 20.9 Å². The minimum Gasteiger partial charge on any atom is -0.506 e. The summed E-state index contributed by atoms with van der Waals surface area (Å²) in [5, 5.41) is 18.6. The summed E-state index contributed by atoms with van der Waals surface area (Å²) in [4.78, 5) is 0. The van der Waals surface area contributed by atoms with Crippen molar-refractivity contribution in [2.75, 3.05) is 11.5 Å². The summed E-state index contributed by atoms with van der Waals surface area (Å²) in [5.41, 5.74) is 11.6. The Labute approximate surface area is 256 Å². The van der Waals surface area contributed by atoms with Crippen LogP contribution in [0.4, 0.5) is 11.4 Å². The monoisotopic (exact) mass is 672 g/mol. The molecule has 0 saturated heterocycles. The predicted octanol–water partition coefficient (Wildman–Crippen LogP) is 10.7. The van der Waals surface area contributed by atoms with Gasteiger partial charge in [0.15, 0.2) is 11.5 Å². The van der Waals surface area contributed by atoms with Gasteiger partial charge in [-0.1, -0.05) is 92.8 Å². The Morgan fingerprint density at radius 1 is 0.474 bits per heavy atom. The number of nitrogens with two attached hydrogens (primary N) is 2. The van der Waals surface area contributed by atoms with Crippen LogP contribution in [0.3, 0.4) is 0 Å². The van der Waals surface area contributed by atoms with Gasteiger partial charge in [0.25, 0.3) is 0 Å². The number of phenolic OH excluding ortho intramolecular Hbond substituents is 2. The average Bonchev–Trinajstić information content (AvgIpc) is 2.88. The summed E-state index contributed by atoms with van der Waals surface area (Å²) in [6.07, 6.45) is 0. The number of hydrogen-bond donors (Lipinski definition) is 4. The van der Waals surface area contributed by atoms with Crippen LogP contribution in [0.1, 0.15) is 0 Å². The van der Waals surface area contributed by atoms with Crippen molar-refractivity contribution in [3.63, 3.8) is 0 Å². The number of anilines is 2. The lowest BCUT2D eigenvalue weighted by atomic mass is 10.0. The molecule has 0 bridgehead atoms. The summed E-state index contributed by atoms with van der Waals surface area (Å²) in [6.45, 7) is 0. The normalized spacial score (nSPS) is 11.1. The van der Waals surface area contributed by atoms with Crippen molar-refractivity contribution in [1.82, 2.24) is 0 Å². The lowest BCUT2D eigenvalue weighted by Crippen LogP contribution is -1.96. The van der Waals surface area contributed by atoms with Gasteiger partial charge in [0.1, 0.15) is 43.1 Å². The van der Waals surface area contributed by atoms with Gasteiger partial charge in [-0.05, 0) is 24.3 Å². The molecule has 0 radical (unpaired) electrons. The molecule has 0 aliphatic heterocycles. The van der Waals surface area contributed by atoms with Gasteiger partial charge >= 0.3 is 0 Å². The third kappa shape index (κ3) is 5.25. The van der Waals surface area contributed by atoms with E-state index in [1.165, 1.54) is 36.4 Å². The Morgan fingerprint density at radius 3 is 1.03 bits per heavy atom. The first-order chi connectivity index (χ1) is 17.8. The highest BCUT2D eigenvalue weighted by atomic mass is 35.5.